The number of hydrogen-bond acceptors (Lipinski definition) is 9. The lowest BCUT2D eigenvalue weighted by Crippen LogP contribution is -2.64. The minimum Gasteiger partial charge on any atom is -0.465 e. The number of nitrogens with zero attached hydrogens (tertiary/aromatic N) is 5. The van der Waals surface area contributed by atoms with Gasteiger partial charge in [0.15, 0.2) is 17.3 Å². The van der Waals surface area contributed by atoms with Crippen LogP contribution in [0, 0.1) is 23.0 Å². The summed E-state index contributed by atoms with van der Waals surface area (Å²) in [7, 11) is 1.28. The van der Waals surface area contributed by atoms with Crippen molar-refractivity contribution in [3.8, 4) is 17.6 Å². The number of esters is 1. The van der Waals surface area contributed by atoms with Gasteiger partial charge in [0.05, 0.1) is 60.3 Å². The number of halogens is 2. The van der Waals surface area contributed by atoms with Crippen molar-refractivity contribution in [3.05, 3.63) is 82.7 Å². The van der Waals surface area contributed by atoms with Gasteiger partial charge in [0.25, 0.3) is 5.79 Å². The molecule has 3 fully saturated rings. The summed E-state index contributed by atoms with van der Waals surface area (Å²) in [6.45, 7) is 4.85. The molecular weight excluding hydrogens is 608 g/mol. The van der Waals surface area contributed by atoms with Crippen LogP contribution in [0.1, 0.15) is 53.5 Å². The fraction of sp³-hybridized carbons (Fsp3) is 0.400. The van der Waals surface area contributed by atoms with Crippen molar-refractivity contribution < 1.29 is 32.5 Å². The highest BCUT2D eigenvalue weighted by Gasteiger charge is 2.47. The zero-order valence-corrected chi connectivity index (χ0v) is 26.0. The first-order valence-corrected chi connectivity index (χ1v) is 15.9. The normalized spacial score (nSPS) is 24.7. The smallest absolute Gasteiger partial charge is 0.338 e. The molecule has 4 aromatic rings. The first kappa shape index (κ1) is 29.7. The average Bonchev–Trinajstić information content (AvgIpc) is 3.56. The summed E-state index contributed by atoms with van der Waals surface area (Å²) in [5.74, 6) is -1.28. The Morgan fingerprint density at radius 1 is 1.09 bits per heavy atom. The van der Waals surface area contributed by atoms with Crippen LogP contribution in [-0.4, -0.2) is 65.4 Å². The SMILES string of the molecule is COC(=O)c1cc(F)c2nc(CN3CCN(c4cccc5c4O[C@@](C)(c4ccc(C#N)cc4F)O5)[C@@H]4CC[C@@H]43)n(C[C@@H]3CCO3)c2c1. The molecule has 0 spiro atoms. The number of carbonyl (C=O) groups is 1. The topological polar surface area (TPSA) is 102 Å². The van der Waals surface area contributed by atoms with E-state index in [-0.39, 0.29) is 40.4 Å². The third-order valence-corrected chi connectivity index (χ3v) is 9.99. The predicted molar refractivity (Wildman–Crippen MR) is 166 cm³/mol. The molecule has 2 saturated heterocycles. The van der Waals surface area contributed by atoms with Gasteiger partial charge < -0.3 is 28.4 Å². The van der Waals surface area contributed by atoms with E-state index in [0.717, 1.165) is 37.3 Å². The predicted octanol–water partition coefficient (Wildman–Crippen LogP) is 5.26. The second-order valence-electron chi connectivity index (χ2n) is 12.7. The van der Waals surface area contributed by atoms with Crippen LogP contribution < -0.4 is 14.4 Å². The Labute approximate surface area is 270 Å². The molecule has 4 atom stereocenters. The maximum absolute atomic E-state index is 15.3. The van der Waals surface area contributed by atoms with Gasteiger partial charge in [0.2, 0.25) is 0 Å². The lowest BCUT2D eigenvalue weighted by molar-refractivity contribution is -0.0706. The molecule has 1 aromatic heterocycles. The largest absolute Gasteiger partial charge is 0.465 e. The molecule has 8 rings (SSSR count). The number of anilines is 1. The zero-order valence-electron chi connectivity index (χ0n) is 26.0. The molecule has 0 N–H and O–H groups in total. The Hall–Kier alpha value is -4.73. The van der Waals surface area contributed by atoms with Gasteiger partial charge >= 0.3 is 5.97 Å². The second kappa shape index (κ2) is 11.2. The number of aromatic nitrogens is 2. The van der Waals surface area contributed by atoms with E-state index in [1.165, 1.54) is 25.3 Å². The lowest BCUT2D eigenvalue weighted by atomic mass is 9.81. The van der Waals surface area contributed by atoms with E-state index in [1.807, 2.05) is 28.8 Å². The number of ether oxygens (including phenoxy) is 4. The molecule has 4 heterocycles. The van der Waals surface area contributed by atoms with Crippen LogP contribution in [-0.2, 0) is 28.4 Å². The number of carbonyl (C=O) groups excluding carboxylic acids is 1. The number of fused-ring (bicyclic) bond motifs is 3. The minimum atomic E-state index is -1.39. The van der Waals surface area contributed by atoms with E-state index in [4.69, 9.17) is 23.9 Å². The van der Waals surface area contributed by atoms with E-state index in [9.17, 15) is 10.1 Å². The van der Waals surface area contributed by atoms with Crippen LogP contribution in [0.25, 0.3) is 11.0 Å². The molecule has 0 radical (unpaired) electrons. The monoisotopic (exact) mass is 641 g/mol. The van der Waals surface area contributed by atoms with Crippen molar-refractivity contribution in [3.63, 3.8) is 0 Å². The van der Waals surface area contributed by atoms with Gasteiger partial charge in [-0.05, 0) is 61.7 Å². The highest BCUT2D eigenvalue weighted by atomic mass is 19.1. The molecular formula is C35H33F2N5O5. The molecule has 12 heteroatoms. The third-order valence-electron chi connectivity index (χ3n) is 9.99. The van der Waals surface area contributed by atoms with Gasteiger partial charge in [-0.15, -0.1) is 0 Å². The van der Waals surface area contributed by atoms with E-state index >= 15 is 8.78 Å². The molecule has 3 aromatic carbocycles. The Morgan fingerprint density at radius 2 is 1.91 bits per heavy atom. The Bertz CT molecular complexity index is 1950. The highest BCUT2D eigenvalue weighted by Crippen LogP contribution is 2.51. The van der Waals surface area contributed by atoms with Crippen LogP contribution in [0.2, 0.25) is 0 Å². The first-order chi connectivity index (χ1) is 22.8. The van der Waals surface area contributed by atoms with Crippen LogP contribution >= 0.6 is 0 Å². The highest BCUT2D eigenvalue weighted by molar-refractivity contribution is 5.94. The summed E-state index contributed by atoms with van der Waals surface area (Å²) < 4.78 is 55.5. The van der Waals surface area contributed by atoms with Gasteiger partial charge in [-0.3, -0.25) is 4.90 Å². The summed E-state index contributed by atoms with van der Waals surface area (Å²) in [5.41, 5.74) is 2.26. The number of piperazine rings is 1. The number of nitriles is 1. The van der Waals surface area contributed by atoms with Gasteiger partial charge in [0.1, 0.15) is 17.2 Å². The fourth-order valence-electron chi connectivity index (χ4n) is 7.32. The Morgan fingerprint density at radius 3 is 2.62 bits per heavy atom. The number of benzene rings is 3. The van der Waals surface area contributed by atoms with Crippen molar-refractivity contribution in [1.82, 2.24) is 14.5 Å². The van der Waals surface area contributed by atoms with Crippen LogP contribution in [0.3, 0.4) is 0 Å². The number of hydrogen-bond donors (Lipinski definition) is 0. The minimum absolute atomic E-state index is 0.00938. The van der Waals surface area contributed by atoms with Gasteiger partial charge in [-0.1, -0.05) is 6.07 Å². The van der Waals surface area contributed by atoms with Gasteiger partial charge in [-0.2, -0.15) is 5.26 Å². The maximum Gasteiger partial charge on any atom is 0.338 e. The summed E-state index contributed by atoms with van der Waals surface area (Å²) in [4.78, 5) is 21.8. The summed E-state index contributed by atoms with van der Waals surface area (Å²) in [5, 5.41) is 9.17. The van der Waals surface area contributed by atoms with Crippen LogP contribution in [0.15, 0.2) is 48.5 Å². The second-order valence-corrected chi connectivity index (χ2v) is 12.7. The molecule has 3 aliphatic heterocycles. The lowest BCUT2D eigenvalue weighted by Gasteiger charge is -2.54. The third kappa shape index (κ3) is 4.87. The standard InChI is InChI=1S/C35H33F2N5O5/c1-35(23-7-6-20(17-38)14-24(23)36)46-30-5-3-4-28(33(30)47-35)41-12-11-40(26-8-9-27(26)41)19-31-39-32-25(37)15-21(34(43)44-2)16-29(32)42(31)18-22-10-13-45-22/h3-7,14-16,22,26-27H,8-13,18-19H2,1-2H3/t22-,26-,27+,35-/m0/s1. The molecule has 0 bridgehead atoms. The maximum atomic E-state index is 15.3. The molecule has 1 saturated carbocycles. The molecule has 0 unspecified atom stereocenters. The molecule has 10 nitrogen and oxygen atoms in total. The van der Waals surface area contributed by atoms with Crippen molar-refractivity contribution in [2.75, 3.05) is 31.7 Å². The fourth-order valence-corrected chi connectivity index (χ4v) is 7.32. The van der Waals surface area contributed by atoms with E-state index in [2.05, 4.69) is 9.80 Å². The molecule has 0 amide bonds. The van der Waals surface area contributed by atoms with Crippen molar-refractivity contribution >= 4 is 22.7 Å². The van der Waals surface area contributed by atoms with Crippen molar-refractivity contribution in [2.45, 2.75) is 63.3 Å². The van der Waals surface area contributed by atoms with Crippen LogP contribution in [0.5, 0.6) is 11.5 Å². The van der Waals surface area contributed by atoms with Crippen LogP contribution in [0.4, 0.5) is 14.5 Å². The first-order valence-electron chi connectivity index (χ1n) is 15.9. The Kier molecular flexibility index (Phi) is 7.07. The summed E-state index contributed by atoms with van der Waals surface area (Å²) in [6, 6.07) is 15.2. The van der Waals surface area contributed by atoms with E-state index in [1.54, 1.807) is 19.1 Å². The van der Waals surface area contributed by atoms with Crippen molar-refractivity contribution in [2.24, 2.45) is 0 Å². The average molecular weight is 642 g/mol. The molecule has 4 aliphatic rings. The van der Waals surface area contributed by atoms with E-state index in [0.29, 0.717) is 43.3 Å². The van der Waals surface area contributed by atoms with E-state index < -0.39 is 23.4 Å². The number of methoxy groups -OCH3 is 1. The zero-order chi connectivity index (χ0) is 32.4. The molecule has 1 aliphatic carbocycles. The van der Waals surface area contributed by atoms with Crippen molar-refractivity contribution in [1.29, 1.82) is 5.26 Å². The quantitative estimate of drug-likeness (QED) is 0.250. The molecule has 242 valence electrons. The summed E-state index contributed by atoms with van der Waals surface area (Å²) in [6.07, 6.45) is 2.90. The molecule has 47 heavy (non-hydrogen) atoms. The van der Waals surface area contributed by atoms with Gasteiger partial charge in [0, 0.05) is 38.7 Å². The number of imidazole rings is 1. The summed E-state index contributed by atoms with van der Waals surface area (Å²) >= 11 is 0. The van der Waals surface area contributed by atoms with Gasteiger partial charge in [-0.25, -0.2) is 18.6 Å². The number of rotatable bonds is 7. The number of para-hydroxylation sites is 1. The Balaban J connectivity index is 1.06.